The summed E-state index contributed by atoms with van der Waals surface area (Å²) in [5.74, 6) is -0.0169. The highest BCUT2D eigenvalue weighted by Gasteiger charge is 2.39. The van der Waals surface area contributed by atoms with Crippen molar-refractivity contribution < 1.29 is 4.79 Å². The van der Waals surface area contributed by atoms with Gasteiger partial charge in [0.25, 0.3) is 5.91 Å². The average Bonchev–Trinajstić information content (AvgIpc) is 3.01. The molecule has 8 heteroatoms. The van der Waals surface area contributed by atoms with Gasteiger partial charge in [-0.15, -0.1) is 0 Å². The molecule has 30 heavy (non-hydrogen) atoms. The minimum Gasteiger partial charge on any atom is -0.368 e. The second-order valence-electron chi connectivity index (χ2n) is 8.75. The molecule has 156 valence electrons. The van der Waals surface area contributed by atoms with Crippen LogP contribution >= 0.6 is 0 Å². The number of nitrogens with zero attached hydrogens (tertiary/aromatic N) is 5. The molecule has 3 aromatic rings. The molecule has 0 bridgehead atoms. The Morgan fingerprint density at radius 2 is 2.10 bits per heavy atom. The molecule has 8 nitrogen and oxygen atoms in total. The van der Waals surface area contributed by atoms with Crippen molar-refractivity contribution in [3.8, 4) is 11.4 Å². The van der Waals surface area contributed by atoms with Crippen LogP contribution in [-0.2, 0) is 25.4 Å². The van der Waals surface area contributed by atoms with Gasteiger partial charge in [-0.3, -0.25) is 9.48 Å². The van der Waals surface area contributed by atoms with Gasteiger partial charge in [0.2, 0.25) is 5.95 Å². The maximum Gasteiger partial charge on any atom is 0.276 e. The van der Waals surface area contributed by atoms with Crippen LogP contribution in [0, 0.1) is 0 Å². The first kappa shape index (κ1) is 20.0. The van der Waals surface area contributed by atoms with Gasteiger partial charge in [-0.05, 0) is 49.2 Å². The van der Waals surface area contributed by atoms with E-state index < -0.39 is 0 Å². The third-order valence-electron chi connectivity index (χ3n) is 5.36. The van der Waals surface area contributed by atoms with Gasteiger partial charge in [0.05, 0.1) is 11.4 Å². The number of carbonyl (C=O) groups excluding carboxylic acids is 1. The molecule has 0 fully saturated rings. The van der Waals surface area contributed by atoms with E-state index in [4.69, 9.17) is 5.73 Å². The lowest BCUT2D eigenvalue weighted by atomic mass is 9.73. The van der Waals surface area contributed by atoms with Crippen molar-refractivity contribution in [3.63, 3.8) is 0 Å². The van der Waals surface area contributed by atoms with Crippen LogP contribution in [0.25, 0.3) is 11.4 Å². The molecular weight excluding hydrogens is 378 g/mol. The molecule has 4 rings (SSSR count). The summed E-state index contributed by atoms with van der Waals surface area (Å²) in [7, 11) is 5.86. The number of aryl methyl sites for hydroxylation is 1. The molecule has 1 aromatic carbocycles. The number of nitrogen functional groups attached to an aromatic ring is 1. The van der Waals surface area contributed by atoms with Crippen LogP contribution in [0.5, 0.6) is 0 Å². The Balaban J connectivity index is 1.74. The number of hydrogen-bond acceptors (Lipinski definition) is 6. The highest BCUT2D eigenvalue weighted by atomic mass is 16.2. The minimum atomic E-state index is -0.296. The first-order valence-electron chi connectivity index (χ1n) is 9.90. The zero-order valence-corrected chi connectivity index (χ0v) is 18.0. The van der Waals surface area contributed by atoms with E-state index in [0.29, 0.717) is 12.1 Å². The van der Waals surface area contributed by atoms with Crippen LogP contribution in [0.15, 0.2) is 30.5 Å². The summed E-state index contributed by atoms with van der Waals surface area (Å²) in [5.41, 5.74) is 11.3. The van der Waals surface area contributed by atoms with E-state index in [1.54, 1.807) is 10.9 Å². The molecule has 0 aliphatic heterocycles. The molecule has 0 atom stereocenters. The van der Waals surface area contributed by atoms with E-state index in [9.17, 15) is 4.79 Å². The molecule has 0 saturated carbocycles. The largest absolute Gasteiger partial charge is 0.368 e. The number of rotatable bonds is 4. The summed E-state index contributed by atoms with van der Waals surface area (Å²) >= 11 is 0. The third-order valence-corrected chi connectivity index (χ3v) is 5.36. The van der Waals surface area contributed by atoms with Crippen molar-refractivity contribution in [1.82, 2.24) is 24.6 Å². The Kier molecular flexibility index (Phi) is 4.82. The topological polar surface area (TPSA) is 102 Å². The Morgan fingerprint density at radius 1 is 1.33 bits per heavy atom. The minimum absolute atomic E-state index is 0.212. The van der Waals surface area contributed by atoms with E-state index in [2.05, 4.69) is 39.1 Å². The van der Waals surface area contributed by atoms with Gasteiger partial charge in [0, 0.05) is 31.0 Å². The Bertz CT molecular complexity index is 1130. The Morgan fingerprint density at radius 3 is 2.83 bits per heavy atom. The van der Waals surface area contributed by atoms with Crippen LogP contribution < -0.4 is 11.1 Å². The summed E-state index contributed by atoms with van der Waals surface area (Å²) in [4.78, 5) is 23.9. The normalized spacial score (nSPS) is 14.3. The van der Waals surface area contributed by atoms with Crippen LogP contribution in [0.1, 0.15) is 41.0 Å². The zero-order valence-electron chi connectivity index (χ0n) is 18.0. The highest BCUT2D eigenvalue weighted by Crippen LogP contribution is 2.43. The third kappa shape index (κ3) is 3.54. The summed E-state index contributed by atoms with van der Waals surface area (Å²) < 4.78 is 1.72. The lowest BCUT2D eigenvalue weighted by molar-refractivity contribution is 0.101. The predicted octanol–water partition coefficient (Wildman–Crippen LogP) is 2.61. The molecule has 0 saturated heterocycles. The molecule has 2 aromatic heterocycles. The maximum atomic E-state index is 13.2. The highest BCUT2D eigenvalue weighted by molar-refractivity contribution is 6.05. The van der Waals surface area contributed by atoms with Gasteiger partial charge in [0.15, 0.2) is 5.69 Å². The molecule has 2 heterocycles. The van der Waals surface area contributed by atoms with Gasteiger partial charge in [-0.1, -0.05) is 26.0 Å². The quantitative estimate of drug-likeness (QED) is 0.692. The van der Waals surface area contributed by atoms with Crippen LogP contribution in [0.2, 0.25) is 0 Å². The van der Waals surface area contributed by atoms with Crippen molar-refractivity contribution in [3.05, 3.63) is 52.8 Å². The van der Waals surface area contributed by atoms with Gasteiger partial charge in [0.1, 0.15) is 0 Å². The number of aromatic nitrogens is 4. The average molecular weight is 406 g/mol. The lowest BCUT2D eigenvalue weighted by Gasteiger charge is -2.31. The molecule has 3 N–H and O–H groups in total. The summed E-state index contributed by atoms with van der Waals surface area (Å²) in [6, 6.07) is 7.87. The van der Waals surface area contributed by atoms with Crippen molar-refractivity contribution >= 4 is 17.5 Å². The second kappa shape index (κ2) is 7.21. The van der Waals surface area contributed by atoms with Crippen LogP contribution in [0.4, 0.5) is 11.6 Å². The van der Waals surface area contributed by atoms with E-state index in [1.165, 1.54) is 0 Å². The smallest absolute Gasteiger partial charge is 0.276 e. The lowest BCUT2D eigenvalue weighted by Crippen LogP contribution is -2.29. The SMILES string of the molecule is CN(C)Cc1cccc(NC(=O)c2nn(C)c3c2C(C)(C)Cc2cnc(N)nc2-3)c1. The fourth-order valence-corrected chi connectivity index (χ4v) is 4.22. The molecule has 0 spiro atoms. The van der Waals surface area contributed by atoms with E-state index in [-0.39, 0.29) is 17.3 Å². The standard InChI is InChI=1S/C22H27N7O/c1-22(2)10-14-11-24-21(23)26-17(14)19-16(22)18(27-29(19)5)20(30)25-15-8-6-7-13(9-15)12-28(3)4/h6-9,11H,10,12H2,1-5H3,(H,25,30)(H2,23,24,26). The van der Waals surface area contributed by atoms with Crippen LogP contribution in [0.3, 0.4) is 0 Å². The second-order valence-corrected chi connectivity index (χ2v) is 8.75. The van der Waals surface area contributed by atoms with Gasteiger partial charge < -0.3 is 16.0 Å². The molecule has 1 aliphatic carbocycles. The number of benzene rings is 1. The molecule has 0 radical (unpaired) electrons. The summed E-state index contributed by atoms with van der Waals surface area (Å²) in [6.45, 7) is 5.02. The van der Waals surface area contributed by atoms with E-state index in [0.717, 1.165) is 40.3 Å². The number of hydrogen-bond donors (Lipinski definition) is 2. The predicted molar refractivity (Wildman–Crippen MR) is 117 cm³/mol. The number of nitrogens with two attached hydrogens (primary N) is 1. The maximum absolute atomic E-state index is 13.2. The Labute approximate surface area is 176 Å². The number of nitrogens with one attached hydrogen (secondary N) is 1. The Hall–Kier alpha value is -3.26. The van der Waals surface area contributed by atoms with E-state index in [1.807, 2.05) is 45.4 Å². The van der Waals surface area contributed by atoms with Crippen molar-refractivity contribution in [1.29, 1.82) is 0 Å². The van der Waals surface area contributed by atoms with Crippen LogP contribution in [-0.4, -0.2) is 44.7 Å². The zero-order chi connectivity index (χ0) is 21.6. The first-order valence-corrected chi connectivity index (χ1v) is 9.90. The van der Waals surface area contributed by atoms with E-state index >= 15 is 0 Å². The van der Waals surface area contributed by atoms with Gasteiger partial charge in [-0.25, -0.2) is 9.97 Å². The molecule has 0 unspecified atom stereocenters. The van der Waals surface area contributed by atoms with Crippen molar-refractivity contribution in [2.45, 2.75) is 32.2 Å². The fourth-order valence-electron chi connectivity index (χ4n) is 4.22. The van der Waals surface area contributed by atoms with Crippen molar-refractivity contribution in [2.24, 2.45) is 7.05 Å². The number of carbonyl (C=O) groups is 1. The van der Waals surface area contributed by atoms with Gasteiger partial charge >= 0.3 is 0 Å². The number of amides is 1. The van der Waals surface area contributed by atoms with Crippen molar-refractivity contribution in [2.75, 3.05) is 25.1 Å². The molecule has 1 aliphatic rings. The monoisotopic (exact) mass is 405 g/mol. The molecular formula is C22H27N7O. The fraction of sp³-hybridized carbons (Fsp3) is 0.364. The number of anilines is 2. The number of fused-ring (bicyclic) bond motifs is 3. The van der Waals surface area contributed by atoms with Gasteiger partial charge in [-0.2, -0.15) is 5.10 Å². The first-order chi connectivity index (χ1) is 14.2. The summed E-state index contributed by atoms with van der Waals surface area (Å²) in [6.07, 6.45) is 2.48. The summed E-state index contributed by atoms with van der Waals surface area (Å²) in [5, 5.41) is 7.60. The molecule has 1 amide bonds.